The summed E-state index contributed by atoms with van der Waals surface area (Å²) < 4.78 is 0. The van der Waals surface area contributed by atoms with Crippen molar-refractivity contribution in [2.75, 3.05) is 26.0 Å². The molecule has 2 atom stereocenters. The van der Waals surface area contributed by atoms with Crippen LogP contribution in [0, 0.1) is 0 Å². The van der Waals surface area contributed by atoms with Crippen LogP contribution in [0.5, 0.6) is 0 Å². The maximum absolute atomic E-state index is 12.4. The Kier molecular flexibility index (Phi) is 6.53. The summed E-state index contributed by atoms with van der Waals surface area (Å²) in [6.07, 6.45) is 1.04. The molecule has 1 aliphatic rings. The Hall–Kier alpha value is -2.31. The zero-order valence-corrected chi connectivity index (χ0v) is 16.5. The lowest BCUT2D eigenvalue weighted by Crippen LogP contribution is -2.43. The van der Waals surface area contributed by atoms with Crippen molar-refractivity contribution in [3.63, 3.8) is 0 Å². The van der Waals surface area contributed by atoms with E-state index in [0.29, 0.717) is 6.54 Å². The van der Waals surface area contributed by atoms with E-state index in [2.05, 4.69) is 27.7 Å². The Morgan fingerprint density at radius 2 is 1.85 bits per heavy atom. The molecule has 2 N–H and O–H groups in total. The van der Waals surface area contributed by atoms with Gasteiger partial charge in [-0.25, -0.2) is 0 Å². The molecule has 0 aliphatic carbocycles. The minimum atomic E-state index is -0.396. The Balaban J connectivity index is 1.53. The second kappa shape index (κ2) is 9.06. The summed E-state index contributed by atoms with van der Waals surface area (Å²) in [6, 6.07) is 18.1. The quantitative estimate of drug-likeness (QED) is 0.772. The van der Waals surface area contributed by atoms with Crippen LogP contribution >= 0.6 is 11.8 Å². The first kappa shape index (κ1) is 19.5. The van der Waals surface area contributed by atoms with Gasteiger partial charge in [0.1, 0.15) is 0 Å². The fourth-order valence-corrected chi connectivity index (χ4v) is 4.13. The van der Waals surface area contributed by atoms with Crippen LogP contribution in [-0.2, 0) is 16.0 Å². The lowest BCUT2D eigenvalue weighted by atomic mass is 10.1. The molecule has 2 aromatic rings. The van der Waals surface area contributed by atoms with Crippen molar-refractivity contribution in [1.82, 2.24) is 10.2 Å². The summed E-state index contributed by atoms with van der Waals surface area (Å²) in [4.78, 5) is 27.8. The van der Waals surface area contributed by atoms with Crippen LogP contribution < -0.4 is 10.6 Å². The number of anilines is 1. The number of amides is 2. The number of carbonyl (C=O) groups excluding carboxylic acids is 2. The normalized spacial score (nSPS) is 17.1. The standard InChI is InChI=1S/C21H25N3O2S/c1-24(2)16(12-15-8-4-3-5-9-15)14-22-20(25)13-19-21(26)23-17-10-6-7-11-18(17)27-19/h3-11,16,19H,12-14H2,1-2H3,(H,22,25)(H,23,26)/t16-,19-/m0/s1. The van der Waals surface area contributed by atoms with Gasteiger partial charge in [0, 0.05) is 23.9 Å². The number of fused-ring (bicyclic) bond motifs is 1. The third-order valence-electron chi connectivity index (χ3n) is 4.66. The number of likely N-dealkylation sites (N-methyl/N-ethyl adjacent to an activating group) is 1. The molecule has 0 radical (unpaired) electrons. The van der Waals surface area contributed by atoms with Crippen molar-refractivity contribution in [3.8, 4) is 0 Å². The van der Waals surface area contributed by atoms with E-state index < -0.39 is 5.25 Å². The highest BCUT2D eigenvalue weighted by atomic mass is 32.2. The highest BCUT2D eigenvalue weighted by Gasteiger charge is 2.29. The SMILES string of the molecule is CN(C)[C@H](CNC(=O)C[C@@H]1Sc2ccccc2NC1=O)Cc1ccccc1. The minimum Gasteiger partial charge on any atom is -0.354 e. The lowest BCUT2D eigenvalue weighted by molar-refractivity contribution is -0.124. The van der Waals surface area contributed by atoms with Crippen LogP contribution in [0.1, 0.15) is 12.0 Å². The van der Waals surface area contributed by atoms with Gasteiger partial charge < -0.3 is 15.5 Å². The van der Waals surface area contributed by atoms with Crippen LogP contribution in [0.25, 0.3) is 0 Å². The van der Waals surface area contributed by atoms with Crippen LogP contribution in [0.4, 0.5) is 5.69 Å². The van der Waals surface area contributed by atoms with Crippen molar-refractivity contribution in [2.24, 2.45) is 0 Å². The molecule has 3 rings (SSSR count). The number of benzene rings is 2. The van der Waals surface area contributed by atoms with Gasteiger partial charge in [0.2, 0.25) is 11.8 Å². The van der Waals surface area contributed by atoms with E-state index in [1.165, 1.54) is 17.3 Å². The summed E-state index contributed by atoms with van der Waals surface area (Å²) >= 11 is 1.45. The predicted octanol–water partition coefficient (Wildman–Crippen LogP) is 2.78. The highest BCUT2D eigenvalue weighted by molar-refractivity contribution is 8.01. The average molecular weight is 384 g/mol. The molecule has 0 saturated carbocycles. The number of para-hydroxylation sites is 1. The zero-order valence-electron chi connectivity index (χ0n) is 15.6. The van der Waals surface area contributed by atoms with E-state index >= 15 is 0 Å². The van der Waals surface area contributed by atoms with E-state index in [1.54, 1.807) is 0 Å². The van der Waals surface area contributed by atoms with Crippen LogP contribution in [-0.4, -0.2) is 48.6 Å². The van der Waals surface area contributed by atoms with Gasteiger partial charge >= 0.3 is 0 Å². The van der Waals surface area contributed by atoms with Crippen molar-refractivity contribution < 1.29 is 9.59 Å². The number of rotatable bonds is 7. The van der Waals surface area contributed by atoms with Crippen molar-refractivity contribution in [3.05, 3.63) is 60.2 Å². The summed E-state index contributed by atoms with van der Waals surface area (Å²) in [5.41, 5.74) is 2.06. The molecule has 6 heteroatoms. The molecule has 1 aliphatic heterocycles. The molecule has 0 aromatic heterocycles. The number of hydrogen-bond donors (Lipinski definition) is 2. The summed E-state index contributed by atoms with van der Waals surface area (Å²) in [5.74, 6) is -0.204. The topological polar surface area (TPSA) is 61.4 Å². The highest BCUT2D eigenvalue weighted by Crippen LogP contribution is 2.36. The molecule has 0 bridgehead atoms. The first-order valence-electron chi connectivity index (χ1n) is 9.06. The molecule has 0 spiro atoms. The van der Waals surface area contributed by atoms with E-state index in [-0.39, 0.29) is 24.3 Å². The Labute approximate surface area is 164 Å². The second-order valence-electron chi connectivity index (χ2n) is 6.91. The van der Waals surface area contributed by atoms with Gasteiger partial charge in [-0.05, 0) is 38.2 Å². The van der Waals surface area contributed by atoms with Gasteiger partial charge in [-0.3, -0.25) is 9.59 Å². The van der Waals surface area contributed by atoms with Gasteiger partial charge in [0.25, 0.3) is 0 Å². The van der Waals surface area contributed by atoms with Crippen molar-refractivity contribution in [2.45, 2.75) is 29.0 Å². The molecule has 1 heterocycles. The minimum absolute atomic E-state index is 0.0954. The number of thioether (sulfide) groups is 1. The maximum atomic E-state index is 12.4. The van der Waals surface area contributed by atoms with Crippen LogP contribution in [0.3, 0.4) is 0 Å². The molecule has 142 valence electrons. The summed E-state index contributed by atoms with van der Waals surface area (Å²) in [6.45, 7) is 0.552. The molecule has 2 aromatic carbocycles. The van der Waals surface area contributed by atoms with E-state index in [9.17, 15) is 9.59 Å². The molecular formula is C21H25N3O2S. The summed E-state index contributed by atoms with van der Waals surface area (Å²) in [5, 5.41) is 5.49. The van der Waals surface area contributed by atoms with Gasteiger partial charge in [-0.2, -0.15) is 0 Å². The monoisotopic (exact) mass is 383 g/mol. The van der Waals surface area contributed by atoms with Crippen molar-refractivity contribution >= 4 is 29.3 Å². The Morgan fingerprint density at radius 1 is 1.15 bits per heavy atom. The van der Waals surface area contributed by atoms with Crippen LogP contribution in [0.15, 0.2) is 59.5 Å². The third kappa shape index (κ3) is 5.34. The zero-order chi connectivity index (χ0) is 19.2. The molecular weight excluding hydrogens is 358 g/mol. The first-order valence-corrected chi connectivity index (χ1v) is 9.94. The maximum Gasteiger partial charge on any atom is 0.238 e. The number of hydrogen-bond acceptors (Lipinski definition) is 4. The van der Waals surface area contributed by atoms with Gasteiger partial charge in [-0.15, -0.1) is 11.8 Å². The van der Waals surface area contributed by atoms with E-state index in [4.69, 9.17) is 0 Å². The fourth-order valence-electron chi connectivity index (χ4n) is 3.02. The van der Waals surface area contributed by atoms with Crippen molar-refractivity contribution in [1.29, 1.82) is 0 Å². The second-order valence-corrected chi connectivity index (χ2v) is 8.15. The van der Waals surface area contributed by atoms with E-state index in [0.717, 1.165) is 17.0 Å². The molecule has 2 amide bonds. The smallest absolute Gasteiger partial charge is 0.238 e. The molecule has 0 saturated heterocycles. The lowest BCUT2D eigenvalue weighted by Gasteiger charge is -2.26. The number of nitrogens with zero attached hydrogens (tertiary/aromatic N) is 1. The van der Waals surface area contributed by atoms with Gasteiger partial charge in [-0.1, -0.05) is 42.5 Å². The molecule has 0 unspecified atom stereocenters. The fraction of sp³-hybridized carbons (Fsp3) is 0.333. The van der Waals surface area contributed by atoms with Gasteiger partial charge in [0.15, 0.2) is 0 Å². The third-order valence-corrected chi connectivity index (χ3v) is 5.93. The van der Waals surface area contributed by atoms with Gasteiger partial charge in [0.05, 0.1) is 10.9 Å². The largest absolute Gasteiger partial charge is 0.354 e. The summed E-state index contributed by atoms with van der Waals surface area (Å²) in [7, 11) is 4.03. The number of nitrogens with one attached hydrogen (secondary N) is 2. The Morgan fingerprint density at radius 3 is 2.59 bits per heavy atom. The van der Waals surface area contributed by atoms with E-state index in [1.807, 2.05) is 56.6 Å². The van der Waals surface area contributed by atoms with Crippen LogP contribution in [0.2, 0.25) is 0 Å². The average Bonchev–Trinajstić information content (AvgIpc) is 2.66. The Bertz CT molecular complexity index is 795. The number of carbonyl (C=O) groups is 2. The molecule has 0 fully saturated rings. The molecule has 5 nitrogen and oxygen atoms in total. The predicted molar refractivity (Wildman–Crippen MR) is 110 cm³/mol. The molecule has 27 heavy (non-hydrogen) atoms. The first-order chi connectivity index (χ1) is 13.0.